The first-order valence-electron chi connectivity index (χ1n) is 19.7. The van der Waals surface area contributed by atoms with Gasteiger partial charge in [0, 0.05) is 75.1 Å². The van der Waals surface area contributed by atoms with Crippen LogP contribution in [-0.2, 0) is 28.2 Å². The molecule has 314 valence electrons. The van der Waals surface area contributed by atoms with E-state index in [1.54, 1.807) is 29.2 Å². The Bertz CT molecular complexity index is 2930. The number of sulfone groups is 1. The second-order valence-corrected chi connectivity index (χ2v) is 17.3. The smallest absolute Gasteiger partial charge is 0.329 e. The third kappa shape index (κ3) is 7.59. The Balaban J connectivity index is 0.869. The zero-order valence-corrected chi connectivity index (χ0v) is 34.5. The standard InChI is InChI=1S/C41H42FN13O5S/c1-24(2)60-37-36(27-19-44-45-20-27)43-23-55-39(37)48-40(50-55)46-33-11-9-30(18-32(33)42)61(58,59)29-7-5-6-26(16-29)22-52-14-15-53(25(3)21-52)28-8-10-31-34(17-28)51(4)49-38(31)54-13-12-35(56)47-41(54)57/h5-11,16-20,23-25H,12-15,21-22H2,1-4H3,(H,44,45)(H,46,50)(H,47,56,57). The number of amides is 3. The number of halogens is 1. The molecule has 1 atom stereocenters. The number of carbonyl (C=O) groups is 2. The molecule has 2 fully saturated rings. The lowest BCUT2D eigenvalue weighted by Gasteiger charge is -2.41. The summed E-state index contributed by atoms with van der Waals surface area (Å²) in [6, 6.07) is 16.2. The maximum absolute atomic E-state index is 15.6. The molecule has 18 nitrogen and oxygen atoms in total. The van der Waals surface area contributed by atoms with Gasteiger partial charge in [0.1, 0.15) is 17.8 Å². The molecule has 61 heavy (non-hydrogen) atoms. The molecule has 0 saturated carbocycles. The number of benzene rings is 3. The van der Waals surface area contributed by atoms with Gasteiger partial charge in [0.2, 0.25) is 27.3 Å². The van der Waals surface area contributed by atoms with Crippen molar-refractivity contribution in [1.29, 1.82) is 0 Å². The Morgan fingerprint density at radius 3 is 2.61 bits per heavy atom. The van der Waals surface area contributed by atoms with E-state index in [1.807, 2.05) is 39.1 Å². The van der Waals surface area contributed by atoms with Crippen molar-refractivity contribution in [1.82, 2.24) is 49.8 Å². The number of piperazine rings is 1. The fourth-order valence-corrected chi connectivity index (χ4v) is 9.18. The third-order valence-electron chi connectivity index (χ3n) is 10.8. The van der Waals surface area contributed by atoms with Crippen LogP contribution in [0.15, 0.2) is 89.2 Å². The van der Waals surface area contributed by atoms with E-state index < -0.39 is 21.7 Å². The van der Waals surface area contributed by atoms with Crippen LogP contribution in [0.5, 0.6) is 5.75 Å². The zero-order valence-electron chi connectivity index (χ0n) is 33.7. The molecule has 0 spiro atoms. The number of aromatic nitrogens is 8. The van der Waals surface area contributed by atoms with Crippen molar-refractivity contribution in [2.75, 3.05) is 41.3 Å². The van der Waals surface area contributed by atoms with E-state index in [9.17, 15) is 18.0 Å². The molecule has 9 rings (SSSR count). The Morgan fingerprint density at radius 2 is 1.85 bits per heavy atom. The lowest BCUT2D eigenvalue weighted by atomic mass is 10.1. The predicted molar refractivity (Wildman–Crippen MR) is 224 cm³/mol. The molecule has 7 aromatic rings. The highest BCUT2D eigenvalue weighted by Gasteiger charge is 2.30. The highest BCUT2D eigenvalue weighted by molar-refractivity contribution is 7.91. The van der Waals surface area contributed by atoms with Gasteiger partial charge in [0.15, 0.2) is 11.6 Å². The topological polar surface area (TPSA) is 201 Å². The van der Waals surface area contributed by atoms with Crippen molar-refractivity contribution < 1.29 is 27.1 Å². The summed E-state index contributed by atoms with van der Waals surface area (Å²) in [6.07, 6.45) is 4.77. The molecule has 1 unspecified atom stereocenters. The molecule has 3 N–H and O–H groups in total. The Morgan fingerprint density at radius 1 is 1.02 bits per heavy atom. The van der Waals surface area contributed by atoms with Gasteiger partial charge in [0.25, 0.3) is 0 Å². The molecule has 4 aromatic heterocycles. The largest absolute Gasteiger partial charge is 0.485 e. The number of fused-ring (bicyclic) bond motifs is 2. The number of aromatic amines is 1. The van der Waals surface area contributed by atoms with Crippen LogP contribution in [0.4, 0.5) is 32.3 Å². The molecule has 0 radical (unpaired) electrons. The lowest BCUT2D eigenvalue weighted by molar-refractivity contribution is -0.120. The van der Waals surface area contributed by atoms with Gasteiger partial charge in [-0.05, 0) is 74.9 Å². The van der Waals surface area contributed by atoms with Crippen molar-refractivity contribution in [2.24, 2.45) is 7.05 Å². The zero-order chi connectivity index (χ0) is 42.6. The number of nitrogens with one attached hydrogen (secondary N) is 3. The summed E-state index contributed by atoms with van der Waals surface area (Å²) in [5.74, 6) is -0.144. The van der Waals surface area contributed by atoms with E-state index >= 15 is 4.39 Å². The minimum Gasteiger partial charge on any atom is -0.485 e. The average molecular weight is 848 g/mol. The van der Waals surface area contributed by atoms with E-state index in [0.717, 1.165) is 47.9 Å². The maximum atomic E-state index is 15.6. The summed E-state index contributed by atoms with van der Waals surface area (Å²) in [6.45, 7) is 8.87. The molecule has 2 saturated heterocycles. The molecule has 0 bridgehead atoms. The molecular formula is C41H42FN13O5S. The summed E-state index contributed by atoms with van der Waals surface area (Å²) < 4.78 is 52.6. The quantitative estimate of drug-likeness (QED) is 0.156. The summed E-state index contributed by atoms with van der Waals surface area (Å²) in [7, 11) is -2.24. The minimum atomic E-state index is -4.08. The molecular weight excluding hydrogens is 806 g/mol. The molecule has 6 heterocycles. The first-order valence-corrected chi connectivity index (χ1v) is 21.2. The number of urea groups is 1. The number of rotatable bonds is 11. The molecule has 2 aliphatic rings. The van der Waals surface area contributed by atoms with E-state index in [-0.39, 0.29) is 52.4 Å². The number of hydrogen-bond donors (Lipinski definition) is 3. The van der Waals surface area contributed by atoms with Crippen LogP contribution >= 0.6 is 0 Å². The van der Waals surface area contributed by atoms with Crippen molar-refractivity contribution in [3.8, 4) is 17.0 Å². The van der Waals surface area contributed by atoms with Crippen LogP contribution in [0.3, 0.4) is 0 Å². The first-order chi connectivity index (χ1) is 29.3. The van der Waals surface area contributed by atoms with Crippen LogP contribution in [0.1, 0.15) is 32.8 Å². The molecule has 3 aromatic carbocycles. The number of aryl methyl sites for hydroxylation is 1. The van der Waals surface area contributed by atoms with Gasteiger partial charge in [0.05, 0.1) is 33.3 Å². The number of imide groups is 1. The SMILES string of the molecule is CC(C)Oc1c(-c2cn[nH]c2)ncn2nc(Nc3ccc(S(=O)(=O)c4cccc(CN5CCN(c6ccc7c(N8CCC(=O)NC8=O)nn(C)c7c6)C(C)C5)c4)cc3F)nc12. The average Bonchev–Trinajstić information content (AvgIpc) is 3.98. The van der Waals surface area contributed by atoms with Crippen LogP contribution in [0.25, 0.3) is 27.8 Å². The number of H-pyrrole nitrogens is 1. The second-order valence-electron chi connectivity index (χ2n) is 15.4. The van der Waals surface area contributed by atoms with Crippen molar-refractivity contribution in [2.45, 2.75) is 55.7 Å². The van der Waals surface area contributed by atoms with E-state index in [0.29, 0.717) is 35.0 Å². The van der Waals surface area contributed by atoms with Gasteiger partial charge in [-0.25, -0.2) is 22.6 Å². The number of ether oxygens (including phenoxy) is 1. The Hall–Kier alpha value is -6.93. The van der Waals surface area contributed by atoms with E-state index in [2.05, 4.69) is 63.8 Å². The van der Waals surface area contributed by atoms with Crippen LogP contribution in [0.2, 0.25) is 0 Å². The van der Waals surface area contributed by atoms with Crippen molar-refractivity contribution in [3.63, 3.8) is 0 Å². The summed E-state index contributed by atoms with van der Waals surface area (Å²) in [5, 5.41) is 21.8. The second kappa shape index (κ2) is 15.6. The van der Waals surface area contributed by atoms with Crippen LogP contribution in [-0.4, -0.2) is 103 Å². The molecule has 0 aliphatic carbocycles. The predicted octanol–water partition coefficient (Wildman–Crippen LogP) is 5.06. The minimum absolute atomic E-state index is 0.0126. The van der Waals surface area contributed by atoms with Gasteiger partial charge >= 0.3 is 6.03 Å². The molecule has 2 aliphatic heterocycles. The number of anilines is 4. The fraction of sp³-hybridized carbons (Fsp3) is 0.293. The van der Waals surface area contributed by atoms with Gasteiger partial charge in [-0.1, -0.05) is 12.1 Å². The summed E-state index contributed by atoms with van der Waals surface area (Å²) in [4.78, 5) is 39.2. The van der Waals surface area contributed by atoms with Gasteiger partial charge in [-0.3, -0.25) is 29.7 Å². The van der Waals surface area contributed by atoms with E-state index in [1.165, 1.54) is 33.9 Å². The van der Waals surface area contributed by atoms with Crippen LogP contribution in [0, 0.1) is 5.82 Å². The number of hydrogen-bond acceptors (Lipinski definition) is 13. The van der Waals surface area contributed by atoms with Crippen LogP contribution < -0.4 is 25.2 Å². The Kier molecular flexibility index (Phi) is 10.1. The highest BCUT2D eigenvalue weighted by Crippen LogP contribution is 2.34. The Labute approximate surface area is 349 Å². The fourth-order valence-electron chi connectivity index (χ4n) is 7.84. The van der Waals surface area contributed by atoms with Crippen molar-refractivity contribution >= 4 is 61.5 Å². The molecule has 20 heteroatoms. The highest BCUT2D eigenvalue weighted by atomic mass is 32.2. The third-order valence-corrected chi connectivity index (χ3v) is 12.5. The number of nitrogens with zero attached hydrogens (tertiary/aromatic N) is 10. The number of carbonyl (C=O) groups excluding carboxylic acids is 2. The van der Waals surface area contributed by atoms with Gasteiger partial charge in [-0.15, -0.1) is 5.10 Å². The first kappa shape index (κ1) is 39.5. The van der Waals surface area contributed by atoms with Gasteiger partial charge in [-0.2, -0.15) is 19.7 Å². The summed E-state index contributed by atoms with van der Waals surface area (Å²) in [5.41, 5.74) is 4.24. The summed E-state index contributed by atoms with van der Waals surface area (Å²) >= 11 is 0. The van der Waals surface area contributed by atoms with E-state index in [4.69, 9.17) is 4.74 Å². The normalized spacial score (nSPS) is 16.5. The maximum Gasteiger partial charge on any atom is 0.329 e. The molecule has 3 amide bonds. The van der Waals surface area contributed by atoms with Gasteiger partial charge < -0.3 is 15.0 Å². The lowest BCUT2D eigenvalue weighted by Crippen LogP contribution is -2.51. The van der Waals surface area contributed by atoms with Crippen molar-refractivity contribution in [3.05, 3.63) is 90.8 Å². The monoisotopic (exact) mass is 847 g/mol.